The van der Waals surface area contributed by atoms with Gasteiger partial charge in [0.05, 0.1) is 11.1 Å². The molecule has 1 saturated heterocycles. The summed E-state index contributed by atoms with van der Waals surface area (Å²) in [6.45, 7) is 2.39. The summed E-state index contributed by atoms with van der Waals surface area (Å²) < 4.78 is 5.61. The highest BCUT2D eigenvalue weighted by atomic mass is 35.5. The van der Waals surface area contributed by atoms with E-state index < -0.39 is 0 Å². The summed E-state index contributed by atoms with van der Waals surface area (Å²) >= 11 is 6.27. The lowest BCUT2D eigenvalue weighted by atomic mass is 10.1. The second kappa shape index (κ2) is 9.58. The summed E-state index contributed by atoms with van der Waals surface area (Å²) in [5.74, 6) is 1.61. The van der Waals surface area contributed by atoms with Crippen LogP contribution in [0.25, 0.3) is 0 Å². The van der Waals surface area contributed by atoms with E-state index in [-0.39, 0.29) is 12.1 Å². The first-order valence-corrected chi connectivity index (χ1v) is 9.49. The number of pyridine rings is 1. The summed E-state index contributed by atoms with van der Waals surface area (Å²) in [5, 5.41) is 7.54. The first-order valence-electron chi connectivity index (χ1n) is 9.11. The van der Waals surface area contributed by atoms with Crippen molar-refractivity contribution in [1.82, 2.24) is 15.6 Å². The van der Waals surface area contributed by atoms with Crippen molar-refractivity contribution in [3.63, 3.8) is 0 Å². The number of nitrogens with one attached hydrogen (secondary N) is 2. The van der Waals surface area contributed by atoms with Gasteiger partial charge in [0, 0.05) is 46.0 Å². The van der Waals surface area contributed by atoms with Crippen LogP contribution in [0.1, 0.15) is 18.1 Å². The molecule has 6 nitrogen and oxygen atoms in total. The quantitative estimate of drug-likeness (QED) is 0.589. The van der Waals surface area contributed by atoms with E-state index in [4.69, 9.17) is 16.3 Å². The van der Waals surface area contributed by atoms with Crippen molar-refractivity contribution in [2.45, 2.75) is 18.6 Å². The molecule has 7 heteroatoms. The molecule has 1 aromatic carbocycles. The predicted molar refractivity (Wildman–Crippen MR) is 111 cm³/mol. The maximum Gasteiger partial charge on any atom is 0.191 e. The van der Waals surface area contributed by atoms with E-state index in [0.29, 0.717) is 11.6 Å². The number of aliphatic imine (C=N–C) groups is 1. The Hall–Kier alpha value is -2.31. The van der Waals surface area contributed by atoms with Gasteiger partial charge in [0.25, 0.3) is 0 Å². The van der Waals surface area contributed by atoms with Crippen molar-refractivity contribution in [3.8, 4) is 0 Å². The molecule has 1 aromatic heterocycles. The number of benzene rings is 1. The molecule has 1 aliphatic heterocycles. The lowest BCUT2D eigenvalue weighted by Gasteiger charge is -2.22. The molecule has 0 bridgehead atoms. The Balaban J connectivity index is 1.53. The number of hydrogen-bond donors (Lipinski definition) is 2. The number of rotatable bonds is 6. The van der Waals surface area contributed by atoms with Crippen molar-refractivity contribution < 1.29 is 4.74 Å². The largest absolute Gasteiger partial charge is 0.375 e. The van der Waals surface area contributed by atoms with Gasteiger partial charge in [0.2, 0.25) is 0 Å². The SMILES string of the molecule is CN=C(NCC(OC)c1ccccc1)NC1CCN(c2ncccc2Cl)C1. The summed E-state index contributed by atoms with van der Waals surface area (Å²) in [6, 6.07) is 14.2. The van der Waals surface area contributed by atoms with E-state index in [0.717, 1.165) is 36.9 Å². The minimum absolute atomic E-state index is 0.0304. The minimum Gasteiger partial charge on any atom is -0.375 e. The normalized spacial score (nSPS) is 18.4. The number of ether oxygens (including phenoxy) is 1. The lowest BCUT2D eigenvalue weighted by molar-refractivity contribution is 0.106. The number of aromatic nitrogens is 1. The number of hydrogen-bond acceptors (Lipinski definition) is 4. The summed E-state index contributed by atoms with van der Waals surface area (Å²) in [7, 11) is 3.50. The summed E-state index contributed by atoms with van der Waals surface area (Å²) in [5.41, 5.74) is 1.14. The molecular formula is C20H26ClN5O. The van der Waals surface area contributed by atoms with Gasteiger partial charge in [0.1, 0.15) is 5.82 Å². The average molecular weight is 388 g/mol. The van der Waals surface area contributed by atoms with Gasteiger partial charge in [-0.25, -0.2) is 4.98 Å². The van der Waals surface area contributed by atoms with E-state index in [1.54, 1.807) is 20.4 Å². The Morgan fingerprint density at radius 3 is 2.85 bits per heavy atom. The molecule has 144 valence electrons. The number of halogens is 1. The molecule has 1 fully saturated rings. The fourth-order valence-corrected chi connectivity index (χ4v) is 3.50. The van der Waals surface area contributed by atoms with Crippen LogP contribution in [0.2, 0.25) is 5.02 Å². The first kappa shape index (κ1) is 19.5. The average Bonchev–Trinajstić information content (AvgIpc) is 3.17. The third-order valence-electron chi connectivity index (χ3n) is 4.70. The van der Waals surface area contributed by atoms with Crippen LogP contribution in [0.5, 0.6) is 0 Å². The van der Waals surface area contributed by atoms with E-state index in [2.05, 4.69) is 37.6 Å². The Morgan fingerprint density at radius 2 is 2.15 bits per heavy atom. The highest BCUT2D eigenvalue weighted by molar-refractivity contribution is 6.32. The number of methoxy groups -OCH3 is 1. The Morgan fingerprint density at radius 1 is 1.33 bits per heavy atom. The molecule has 2 aromatic rings. The maximum absolute atomic E-state index is 6.27. The van der Waals surface area contributed by atoms with Crippen molar-refractivity contribution in [2.75, 3.05) is 38.7 Å². The van der Waals surface area contributed by atoms with Crippen LogP contribution in [0.4, 0.5) is 5.82 Å². The standard InChI is InChI=1S/C20H26ClN5O/c1-22-20(24-13-18(27-2)15-7-4-3-5-8-15)25-16-10-12-26(14-16)19-17(21)9-6-11-23-19/h3-9,11,16,18H,10,12-14H2,1-2H3,(H2,22,24,25). The zero-order chi connectivity index (χ0) is 19.1. The Kier molecular flexibility index (Phi) is 6.90. The van der Waals surface area contributed by atoms with Gasteiger partial charge >= 0.3 is 0 Å². The zero-order valence-electron chi connectivity index (χ0n) is 15.7. The van der Waals surface area contributed by atoms with Crippen molar-refractivity contribution in [2.24, 2.45) is 4.99 Å². The van der Waals surface area contributed by atoms with E-state index >= 15 is 0 Å². The molecule has 0 aliphatic carbocycles. The Bertz CT molecular complexity index is 755. The molecule has 0 saturated carbocycles. The molecule has 3 rings (SSSR count). The maximum atomic E-state index is 6.27. The molecule has 2 heterocycles. The molecule has 2 N–H and O–H groups in total. The first-order chi connectivity index (χ1) is 13.2. The topological polar surface area (TPSA) is 61.8 Å². The lowest BCUT2D eigenvalue weighted by Crippen LogP contribution is -2.45. The fourth-order valence-electron chi connectivity index (χ4n) is 3.26. The second-order valence-corrected chi connectivity index (χ2v) is 6.88. The van der Waals surface area contributed by atoms with Crippen LogP contribution >= 0.6 is 11.6 Å². The van der Waals surface area contributed by atoms with Crippen molar-refractivity contribution >= 4 is 23.4 Å². The number of anilines is 1. The molecule has 0 amide bonds. The van der Waals surface area contributed by atoms with E-state index in [9.17, 15) is 0 Å². The molecular weight excluding hydrogens is 362 g/mol. The van der Waals surface area contributed by atoms with Gasteiger partial charge < -0.3 is 20.3 Å². The smallest absolute Gasteiger partial charge is 0.191 e. The third kappa shape index (κ3) is 5.11. The van der Waals surface area contributed by atoms with Gasteiger partial charge in [-0.05, 0) is 24.1 Å². The molecule has 2 unspecified atom stereocenters. The zero-order valence-corrected chi connectivity index (χ0v) is 16.5. The van der Waals surface area contributed by atoms with Gasteiger partial charge in [-0.15, -0.1) is 0 Å². The van der Waals surface area contributed by atoms with Crippen LogP contribution in [0, 0.1) is 0 Å². The van der Waals surface area contributed by atoms with Gasteiger partial charge in [0.15, 0.2) is 5.96 Å². The van der Waals surface area contributed by atoms with Crippen LogP contribution in [0.3, 0.4) is 0 Å². The van der Waals surface area contributed by atoms with E-state index in [1.807, 2.05) is 30.3 Å². The van der Waals surface area contributed by atoms with Gasteiger partial charge in [-0.3, -0.25) is 4.99 Å². The van der Waals surface area contributed by atoms with Crippen molar-refractivity contribution in [3.05, 3.63) is 59.2 Å². The minimum atomic E-state index is -0.0304. The third-order valence-corrected chi connectivity index (χ3v) is 5.00. The van der Waals surface area contributed by atoms with Crippen LogP contribution in [-0.4, -0.2) is 50.8 Å². The number of guanidine groups is 1. The highest BCUT2D eigenvalue weighted by Gasteiger charge is 2.25. The summed E-state index contributed by atoms with van der Waals surface area (Å²) in [6.07, 6.45) is 2.74. The molecule has 0 radical (unpaired) electrons. The predicted octanol–water partition coefficient (Wildman–Crippen LogP) is 2.87. The van der Waals surface area contributed by atoms with Crippen LogP contribution in [0.15, 0.2) is 53.7 Å². The van der Waals surface area contributed by atoms with Gasteiger partial charge in [-0.1, -0.05) is 41.9 Å². The number of nitrogens with zero attached hydrogens (tertiary/aromatic N) is 3. The Labute approximate surface area is 165 Å². The summed E-state index contributed by atoms with van der Waals surface area (Å²) in [4.78, 5) is 11.0. The highest BCUT2D eigenvalue weighted by Crippen LogP contribution is 2.25. The second-order valence-electron chi connectivity index (χ2n) is 6.47. The van der Waals surface area contributed by atoms with Gasteiger partial charge in [-0.2, -0.15) is 0 Å². The molecule has 1 aliphatic rings. The van der Waals surface area contributed by atoms with E-state index in [1.165, 1.54) is 0 Å². The molecule has 0 spiro atoms. The fraction of sp³-hybridized carbons (Fsp3) is 0.400. The van der Waals surface area contributed by atoms with Crippen molar-refractivity contribution in [1.29, 1.82) is 0 Å². The van der Waals surface area contributed by atoms with Crippen LogP contribution in [-0.2, 0) is 4.74 Å². The monoisotopic (exact) mass is 387 g/mol. The van der Waals surface area contributed by atoms with Crippen LogP contribution < -0.4 is 15.5 Å². The molecule has 27 heavy (non-hydrogen) atoms. The molecule has 2 atom stereocenters.